The van der Waals surface area contributed by atoms with Crippen molar-refractivity contribution < 1.29 is 0 Å². The molecule has 0 unspecified atom stereocenters. The van der Waals surface area contributed by atoms with E-state index in [-0.39, 0.29) is 0 Å². The van der Waals surface area contributed by atoms with Gasteiger partial charge in [-0.3, -0.25) is 4.98 Å². The van der Waals surface area contributed by atoms with Crippen LogP contribution in [0.25, 0.3) is 16.5 Å². The lowest BCUT2D eigenvalue weighted by molar-refractivity contribution is 0.887. The number of hydrogen-bond acceptors (Lipinski definition) is 3. The molecule has 0 fully saturated rings. The van der Waals surface area contributed by atoms with Crippen LogP contribution in [0.4, 0.5) is 5.69 Å². The Morgan fingerprint density at radius 3 is 2.76 bits per heavy atom. The van der Waals surface area contributed by atoms with Crippen LogP contribution in [-0.2, 0) is 0 Å². The molecule has 0 saturated carbocycles. The lowest BCUT2D eigenvalue weighted by Crippen LogP contribution is -1.97. The molecule has 2 N–H and O–H groups in total. The van der Waals surface area contributed by atoms with Crippen molar-refractivity contribution in [2.24, 2.45) is 0 Å². The summed E-state index contributed by atoms with van der Waals surface area (Å²) in [5, 5.41) is 6.32. The van der Waals surface area contributed by atoms with E-state index < -0.39 is 0 Å². The van der Waals surface area contributed by atoms with Gasteiger partial charge in [-0.2, -0.15) is 5.10 Å². The van der Waals surface area contributed by atoms with E-state index in [1.807, 2.05) is 41.5 Å². The van der Waals surface area contributed by atoms with Crippen LogP contribution in [0, 0.1) is 3.57 Å². The van der Waals surface area contributed by atoms with Crippen LogP contribution in [0.1, 0.15) is 0 Å². The molecular formula is C12H9IN4. The van der Waals surface area contributed by atoms with E-state index in [2.05, 4.69) is 32.7 Å². The number of nitrogens with two attached hydrogens (primary N) is 1. The van der Waals surface area contributed by atoms with Crippen molar-refractivity contribution >= 4 is 39.1 Å². The summed E-state index contributed by atoms with van der Waals surface area (Å²) in [7, 11) is 0. The predicted octanol–water partition coefficient (Wildman–Crippen LogP) is 2.61. The predicted molar refractivity (Wildman–Crippen MR) is 76.0 cm³/mol. The second-order valence-corrected chi connectivity index (χ2v) is 4.94. The summed E-state index contributed by atoms with van der Waals surface area (Å²) >= 11 is 2.23. The van der Waals surface area contributed by atoms with E-state index in [1.165, 1.54) is 0 Å². The first-order chi connectivity index (χ1) is 8.25. The number of rotatable bonds is 1. The van der Waals surface area contributed by atoms with E-state index >= 15 is 0 Å². The Labute approximate surface area is 112 Å². The molecule has 1 aromatic carbocycles. The fourth-order valence-corrected chi connectivity index (χ4v) is 2.22. The fourth-order valence-electron chi connectivity index (χ4n) is 1.83. The van der Waals surface area contributed by atoms with Crippen molar-refractivity contribution in [1.29, 1.82) is 0 Å². The van der Waals surface area contributed by atoms with E-state index in [1.54, 1.807) is 6.20 Å². The molecule has 3 rings (SSSR count). The highest BCUT2D eigenvalue weighted by Gasteiger charge is 2.06. The van der Waals surface area contributed by atoms with E-state index in [0.29, 0.717) is 0 Å². The summed E-state index contributed by atoms with van der Waals surface area (Å²) in [6, 6.07) is 5.78. The van der Waals surface area contributed by atoms with Crippen molar-refractivity contribution in [3.63, 3.8) is 0 Å². The van der Waals surface area contributed by atoms with Gasteiger partial charge in [0, 0.05) is 35.1 Å². The molecule has 84 valence electrons. The van der Waals surface area contributed by atoms with Gasteiger partial charge in [-0.15, -0.1) is 0 Å². The Bertz CT molecular complexity index is 690. The van der Waals surface area contributed by atoms with E-state index in [9.17, 15) is 0 Å². The molecule has 2 heterocycles. The highest BCUT2D eigenvalue weighted by Crippen LogP contribution is 2.26. The Morgan fingerprint density at radius 2 is 2.00 bits per heavy atom. The highest BCUT2D eigenvalue weighted by atomic mass is 127. The number of fused-ring (bicyclic) bond motifs is 1. The summed E-state index contributed by atoms with van der Waals surface area (Å²) in [5.74, 6) is 0. The average Bonchev–Trinajstić information content (AvgIpc) is 2.77. The smallest absolute Gasteiger partial charge is 0.0741 e. The molecule has 0 radical (unpaired) electrons. The van der Waals surface area contributed by atoms with Gasteiger partial charge in [-0.25, -0.2) is 4.68 Å². The molecule has 3 aromatic rings. The Hall–Kier alpha value is -1.63. The normalized spacial score (nSPS) is 10.9. The van der Waals surface area contributed by atoms with Gasteiger partial charge < -0.3 is 5.73 Å². The first kappa shape index (κ1) is 10.5. The number of pyridine rings is 1. The maximum absolute atomic E-state index is 5.95. The zero-order valence-corrected chi connectivity index (χ0v) is 11.0. The zero-order valence-electron chi connectivity index (χ0n) is 8.84. The number of benzene rings is 1. The fraction of sp³-hybridized carbons (Fsp3) is 0. The van der Waals surface area contributed by atoms with Gasteiger partial charge in [0.15, 0.2) is 0 Å². The first-order valence-corrected chi connectivity index (χ1v) is 6.16. The van der Waals surface area contributed by atoms with Gasteiger partial charge in [0.05, 0.1) is 15.5 Å². The molecule has 0 saturated heterocycles. The number of nitrogens with zero attached hydrogens (tertiary/aromatic N) is 3. The molecule has 5 heteroatoms. The van der Waals surface area contributed by atoms with Crippen LogP contribution in [0.2, 0.25) is 0 Å². The quantitative estimate of drug-likeness (QED) is 0.549. The molecule has 2 aromatic heterocycles. The molecule has 0 atom stereocenters. The third kappa shape index (κ3) is 1.76. The van der Waals surface area contributed by atoms with Crippen LogP contribution >= 0.6 is 22.6 Å². The third-order valence-corrected chi connectivity index (χ3v) is 3.18. The van der Waals surface area contributed by atoms with Crippen LogP contribution < -0.4 is 5.73 Å². The minimum absolute atomic E-state index is 0.757. The summed E-state index contributed by atoms with van der Waals surface area (Å²) < 4.78 is 2.93. The topological polar surface area (TPSA) is 56.7 Å². The maximum atomic E-state index is 5.95. The minimum Gasteiger partial charge on any atom is -0.398 e. The van der Waals surface area contributed by atoms with Crippen molar-refractivity contribution in [2.45, 2.75) is 0 Å². The Balaban J connectivity index is 2.34. The van der Waals surface area contributed by atoms with Gasteiger partial charge >= 0.3 is 0 Å². The van der Waals surface area contributed by atoms with Crippen LogP contribution in [0.3, 0.4) is 0 Å². The van der Waals surface area contributed by atoms with Crippen molar-refractivity contribution in [3.8, 4) is 5.69 Å². The van der Waals surface area contributed by atoms with Gasteiger partial charge in [0.25, 0.3) is 0 Å². The molecule has 4 nitrogen and oxygen atoms in total. The summed E-state index contributed by atoms with van der Waals surface area (Å²) in [6.07, 6.45) is 7.35. The third-order valence-electron chi connectivity index (χ3n) is 2.63. The summed E-state index contributed by atoms with van der Waals surface area (Å²) in [4.78, 5) is 4.15. The van der Waals surface area contributed by atoms with Crippen molar-refractivity contribution in [3.05, 3.63) is 46.6 Å². The van der Waals surface area contributed by atoms with Crippen molar-refractivity contribution in [1.82, 2.24) is 14.8 Å². The molecule has 0 aliphatic heterocycles. The first-order valence-electron chi connectivity index (χ1n) is 5.08. The largest absolute Gasteiger partial charge is 0.398 e. The van der Waals surface area contributed by atoms with Gasteiger partial charge in [-0.1, -0.05) is 0 Å². The highest BCUT2D eigenvalue weighted by molar-refractivity contribution is 14.1. The zero-order chi connectivity index (χ0) is 11.8. The minimum atomic E-state index is 0.757. The Morgan fingerprint density at radius 1 is 1.12 bits per heavy atom. The summed E-state index contributed by atoms with van der Waals surface area (Å²) in [6.45, 7) is 0. The second kappa shape index (κ2) is 3.99. The second-order valence-electron chi connectivity index (χ2n) is 3.70. The van der Waals surface area contributed by atoms with Gasteiger partial charge in [0.2, 0.25) is 0 Å². The molecular weight excluding hydrogens is 327 g/mol. The lowest BCUT2D eigenvalue weighted by Gasteiger charge is -2.07. The molecule has 0 bridgehead atoms. The van der Waals surface area contributed by atoms with Gasteiger partial charge in [0.1, 0.15) is 0 Å². The van der Waals surface area contributed by atoms with Crippen LogP contribution in [0.5, 0.6) is 0 Å². The number of anilines is 1. The summed E-state index contributed by atoms with van der Waals surface area (Å²) in [5.41, 5.74) is 7.70. The molecule has 0 amide bonds. The molecule has 0 aliphatic carbocycles. The SMILES string of the molecule is Nc1ccc(-n2cc(I)cn2)c2cnccc12. The molecule has 0 aliphatic rings. The lowest BCUT2D eigenvalue weighted by atomic mass is 10.1. The number of halogens is 1. The van der Waals surface area contributed by atoms with E-state index in [4.69, 9.17) is 5.73 Å². The molecule has 17 heavy (non-hydrogen) atoms. The average molecular weight is 336 g/mol. The maximum Gasteiger partial charge on any atom is 0.0741 e. The monoisotopic (exact) mass is 336 g/mol. The van der Waals surface area contributed by atoms with Crippen molar-refractivity contribution in [2.75, 3.05) is 5.73 Å². The standard InChI is InChI=1S/C12H9IN4/c13-8-5-16-17(7-8)12-2-1-11(14)9-3-4-15-6-10(9)12/h1-7H,14H2. The van der Waals surface area contributed by atoms with Crippen LogP contribution in [-0.4, -0.2) is 14.8 Å². The van der Waals surface area contributed by atoms with E-state index in [0.717, 1.165) is 25.7 Å². The van der Waals surface area contributed by atoms with Crippen LogP contribution in [0.15, 0.2) is 43.0 Å². The Kier molecular flexibility index (Phi) is 2.47. The number of nitrogen functional groups attached to an aromatic ring is 1. The number of hydrogen-bond donors (Lipinski definition) is 1. The molecule has 0 spiro atoms. The number of aromatic nitrogens is 3. The van der Waals surface area contributed by atoms with Gasteiger partial charge in [-0.05, 0) is 40.8 Å².